The third-order valence-corrected chi connectivity index (χ3v) is 1.76. The lowest BCUT2D eigenvalue weighted by molar-refractivity contribution is 0.0261. The van der Waals surface area contributed by atoms with Crippen LogP contribution < -0.4 is 0 Å². The molecule has 1 N–H and O–H groups in total. The second-order valence-electron chi connectivity index (χ2n) is 2.24. The van der Waals surface area contributed by atoms with Crippen LogP contribution in [0.4, 0.5) is 4.79 Å². The van der Waals surface area contributed by atoms with Crippen molar-refractivity contribution in [2.75, 3.05) is 0 Å². The van der Waals surface area contributed by atoms with E-state index >= 15 is 0 Å². The normalized spacial score (nSPS) is 17.6. The summed E-state index contributed by atoms with van der Waals surface area (Å²) in [5, 5.41) is 7.70. The molecule has 0 aromatic heterocycles. The molecule has 0 radical (unpaired) electrons. The highest BCUT2D eigenvalue weighted by molar-refractivity contribution is 6.21. The number of ether oxygens (including phenoxy) is 1. The highest BCUT2D eigenvalue weighted by atomic mass is 35.5. The fourth-order valence-corrected chi connectivity index (χ4v) is 0.514. The van der Waals surface area contributed by atoms with Gasteiger partial charge in [-0.25, -0.2) is 4.79 Å². The van der Waals surface area contributed by atoms with Crippen LogP contribution in [0, 0.1) is 12.3 Å². The average molecular weight is 177 g/mol. The van der Waals surface area contributed by atoms with E-state index in [0.717, 1.165) is 0 Å². The molecule has 0 amide bonds. The Labute approximate surface area is 70.3 Å². The Morgan fingerprint density at radius 3 is 2.45 bits per heavy atom. The van der Waals surface area contributed by atoms with E-state index in [1.807, 2.05) is 0 Å². The van der Waals surface area contributed by atoms with Crippen LogP contribution in [0.15, 0.2) is 0 Å². The quantitative estimate of drug-likeness (QED) is 0.396. The van der Waals surface area contributed by atoms with Crippen molar-refractivity contribution in [1.29, 1.82) is 0 Å². The summed E-state index contributed by atoms with van der Waals surface area (Å²) in [7, 11) is 0. The predicted molar refractivity (Wildman–Crippen MR) is 41.7 cm³/mol. The van der Waals surface area contributed by atoms with Gasteiger partial charge in [-0.1, -0.05) is 5.92 Å². The minimum Gasteiger partial charge on any atom is -0.450 e. The summed E-state index contributed by atoms with van der Waals surface area (Å²) in [6.07, 6.45) is 3.61. The Kier molecular flexibility index (Phi) is 3.21. The molecule has 0 fully saturated rings. The molecule has 62 valence electrons. The summed E-state index contributed by atoms with van der Waals surface area (Å²) >= 11 is 5.60. The largest absolute Gasteiger partial charge is 0.507 e. The van der Waals surface area contributed by atoms with Crippen LogP contribution in [0.2, 0.25) is 0 Å². The van der Waals surface area contributed by atoms with Gasteiger partial charge in [-0.05, 0) is 13.8 Å². The monoisotopic (exact) mass is 176 g/mol. The van der Waals surface area contributed by atoms with Crippen LogP contribution in [-0.2, 0) is 4.74 Å². The van der Waals surface area contributed by atoms with Crippen LogP contribution in [0.5, 0.6) is 0 Å². The van der Waals surface area contributed by atoms with E-state index in [0.29, 0.717) is 0 Å². The van der Waals surface area contributed by atoms with Gasteiger partial charge in [-0.2, -0.15) is 0 Å². The Morgan fingerprint density at radius 2 is 2.36 bits per heavy atom. The van der Waals surface area contributed by atoms with Gasteiger partial charge < -0.3 is 9.84 Å². The lowest BCUT2D eigenvalue weighted by Crippen LogP contribution is -2.37. The average Bonchev–Trinajstić information content (AvgIpc) is 1.86. The van der Waals surface area contributed by atoms with Crippen molar-refractivity contribution >= 4 is 17.8 Å². The fourth-order valence-electron chi connectivity index (χ4n) is 0.407. The summed E-state index contributed by atoms with van der Waals surface area (Å²) in [5.74, 6) is 2.17. The van der Waals surface area contributed by atoms with E-state index in [1.54, 1.807) is 6.92 Å². The smallest absolute Gasteiger partial charge is 0.450 e. The van der Waals surface area contributed by atoms with Gasteiger partial charge in [0.15, 0.2) is 5.60 Å². The standard InChI is InChI=1S/C7H9ClO3/c1-4-7(3,5(2)8)11-6(9)10/h1,5H,2-3H3,(H,9,10). The molecule has 0 aromatic rings. The number of terminal acetylenes is 1. The van der Waals surface area contributed by atoms with Crippen molar-refractivity contribution in [3.8, 4) is 12.3 Å². The molecule has 0 aromatic carbocycles. The number of rotatable bonds is 2. The Bertz CT molecular complexity index is 194. The molecular formula is C7H9ClO3. The van der Waals surface area contributed by atoms with Crippen LogP contribution >= 0.6 is 11.6 Å². The van der Waals surface area contributed by atoms with Crippen molar-refractivity contribution < 1.29 is 14.6 Å². The minimum absolute atomic E-state index is 0.552. The molecule has 2 unspecified atom stereocenters. The molecule has 11 heavy (non-hydrogen) atoms. The van der Waals surface area contributed by atoms with Gasteiger partial charge in [-0.15, -0.1) is 18.0 Å². The lowest BCUT2D eigenvalue weighted by Gasteiger charge is -2.24. The van der Waals surface area contributed by atoms with Gasteiger partial charge in [0.2, 0.25) is 0 Å². The highest BCUT2D eigenvalue weighted by Gasteiger charge is 2.31. The first-order valence-corrected chi connectivity index (χ1v) is 3.40. The molecular weight excluding hydrogens is 168 g/mol. The van der Waals surface area contributed by atoms with E-state index in [4.69, 9.17) is 23.1 Å². The first-order valence-electron chi connectivity index (χ1n) is 2.96. The summed E-state index contributed by atoms with van der Waals surface area (Å²) in [5.41, 5.74) is -1.24. The molecule has 0 aliphatic rings. The molecule has 4 heteroatoms. The van der Waals surface area contributed by atoms with Gasteiger partial charge in [0.05, 0.1) is 5.38 Å². The van der Waals surface area contributed by atoms with Gasteiger partial charge >= 0.3 is 6.16 Å². The van der Waals surface area contributed by atoms with E-state index in [-0.39, 0.29) is 0 Å². The van der Waals surface area contributed by atoms with Crippen LogP contribution in [0.25, 0.3) is 0 Å². The van der Waals surface area contributed by atoms with Gasteiger partial charge in [0, 0.05) is 0 Å². The van der Waals surface area contributed by atoms with Crippen molar-refractivity contribution in [2.24, 2.45) is 0 Å². The molecule has 0 rings (SSSR count). The topological polar surface area (TPSA) is 46.5 Å². The lowest BCUT2D eigenvalue weighted by atomic mass is 10.1. The second-order valence-corrected chi connectivity index (χ2v) is 2.89. The van der Waals surface area contributed by atoms with Crippen LogP contribution in [0.3, 0.4) is 0 Å². The first-order chi connectivity index (χ1) is 4.92. The predicted octanol–water partition coefficient (Wildman–Crippen LogP) is 1.70. The molecule has 0 aliphatic heterocycles. The zero-order valence-corrected chi connectivity index (χ0v) is 7.05. The molecule has 0 spiro atoms. The number of halogens is 1. The zero-order valence-electron chi connectivity index (χ0n) is 6.30. The molecule has 0 aliphatic carbocycles. The molecule has 3 nitrogen and oxygen atoms in total. The Hall–Kier alpha value is -0.880. The summed E-state index contributed by atoms with van der Waals surface area (Å²) < 4.78 is 4.40. The third kappa shape index (κ3) is 2.69. The Morgan fingerprint density at radius 1 is 1.91 bits per heavy atom. The number of carboxylic acid groups (broad SMARTS) is 1. The van der Waals surface area contributed by atoms with Crippen molar-refractivity contribution in [2.45, 2.75) is 24.8 Å². The molecule has 0 saturated heterocycles. The Balaban J connectivity index is 4.38. The summed E-state index contributed by atoms with van der Waals surface area (Å²) in [6, 6.07) is 0. The fraction of sp³-hybridized carbons (Fsp3) is 0.571. The van der Waals surface area contributed by atoms with Gasteiger partial charge in [0.25, 0.3) is 0 Å². The van der Waals surface area contributed by atoms with Crippen molar-refractivity contribution in [3.63, 3.8) is 0 Å². The maximum atomic E-state index is 10.1. The van der Waals surface area contributed by atoms with E-state index in [2.05, 4.69) is 10.7 Å². The van der Waals surface area contributed by atoms with E-state index < -0.39 is 17.1 Å². The van der Waals surface area contributed by atoms with E-state index in [9.17, 15) is 4.79 Å². The summed E-state index contributed by atoms with van der Waals surface area (Å²) in [4.78, 5) is 10.1. The van der Waals surface area contributed by atoms with Gasteiger partial charge in [-0.3, -0.25) is 0 Å². The van der Waals surface area contributed by atoms with Crippen molar-refractivity contribution in [3.05, 3.63) is 0 Å². The molecule has 0 heterocycles. The number of alkyl halides is 1. The van der Waals surface area contributed by atoms with E-state index in [1.165, 1.54) is 6.92 Å². The number of hydrogen-bond acceptors (Lipinski definition) is 2. The maximum absolute atomic E-state index is 10.1. The zero-order chi connectivity index (χ0) is 9.07. The van der Waals surface area contributed by atoms with Crippen molar-refractivity contribution in [1.82, 2.24) is 0 Å². The minimum atomic E-state index is -1.42. The number of carbonyl (C=O) groups is 1. The molecule has 0 bridgehead atoms. The molecule has 2 atom stereocenters. The third-order valence-electron chi connectivity index (χ3n) is 1.34. The summed E-state index contributed by atoms with van der Waals surface area (Å²) in [6.45, 7) is 3.02. The van der Waals surface area contributed by atoms with Gasteiger partial charge in [0.1, 0.15) is 0 Å². The SMILES string of the molecule is C#CC(C)(OC(=O)O)C(C)Cl. The van der Waals surface area contributed by atoms with Crippen LogP contribution in [0.1, 0.15) is 13.8 Å². The van der Waals surface area contributed by atoms with Crippen LogP contribution in [-0.4, -0.2) is 22.2 Å². The second kappa shape index (κ2) is 3.49. The first kappa shape index (κ1) is 10.1. The maximum Gasteiger partial charge on any atom is 0.507 e. The highest BCUT2D eigenvalue weighted by Crippen LogP contribution is 2.19. The molecule has 0 saturated carbocycles. The number of hydrogen-bond donors (Lipinski definition) is 1.